The number of amides is 2. The van der Waals surface area contributed by atoms with E-state index >= 15 is 0 Å². The molecule has 0 saturated carbocycles. The molecule has 0 fully saturated rings. The summed E-state index contributed by atoms with van der Waals surface area (Å²) in [5.41, 5.74) is 3.06. The third-order valence-corrected chi connectivity index (χ3v) is 6.13. The zero-order chi connectivity index (χ0) is 24.1. The Morgan fingerprint density at radius 3 is 2.35 bits per heavy atom. The number of nitro groups is 1. The van der Waals surface area contributed by atoms with Crippen LogP contribution in [0.4, 0.5) is 22.7 Å². The van der Waals surface area contributed by atoms with E-state index in [4.69, 9.17) is 11.6 Å². The molecule has 5 rings (SSSR count). The number of aryl methyl sites for hydroxylation is 2. The van der Waals surface area contributed by atoms with Gasteiger partial charge >= 0.3 is 0 Å². The lowest BCUT2D eigenvalue weighted by molar-refractivity contribution is -0.383. The van der Waals surface area contributed by atoms with Crippen LogP contribution in [-0.4, -0.2) is 16.7 Å². The maximum atomic E-state index is 13.6. The van der Waals surface area contributed by atoms with E-state index in [1.54, 1.807) is 48.5 Å². The van der Waals surface area contributed by atoms with Gasteiger partial charge in [-0.25, -0.2) is 4.90 Å². The monoisotopic (exact) mass is 471 g/mol. The highest BCUT2D eigenvalue weighted by atomic mass is 35.5. The molecule has 0 bridgehead atoms. The van der Waals surface area contributed by atoms with Crippen molar-refractivity contribution >= 4 is 56.9 Å². The summed E-state index contributed by atoms with van der Waals surface area (Å²) >= 11 is 6.08. The maximum absolute atomic E-state index is 13.6. The zero-order valence-electron chi connectivity index (χ0n) is 18.3. The van der Waals surface area contributed by atoms with Gasteiger partial charge in [0, 0.05) is 33.1 Å². The molecular weight excluding hydrogens is 454 g/mol. The van der Waals surface area contributed by atoms with Gasteiger partial charge < -0.3 is 5.32 Å². The Morgan fingerprint density at radius 1 is 0.912 bits per heavy atom. The topological polar surface area (TPSA) is 92.6 Å². The molecule has 0 aliphatic carbocycles. The lowest BCUT2D eigenvalue weighted by Crippen LogP contribution is -2.41. The number of imide groups is 1. The Kier molecular flexibility index (Phi) is 5.06. The van der Waals surface area contributed by atoms with E-state index in [0.29, 0.717) is 32.7 Å². The van der Waals surface area contributed by atoms with Crippen molar-refractivity contribution in [3.8, 4) is 0 Å². The Hall–Kier alpha value is -4.23. The van der Waals surface area contributed by atoms with Crippen LogP contribution in [-0.2, 0) is 0 Å². The first-order chi connectivity index (χ1) is 16.3. The quantitative estimate of drug-likeness (QED) is 0.206. The van der Waals surface area contributed by atoms with Gasteiger partial charge in [-0.1, -0.05) is 47.5 Å². The molecule has 4 aromatic carbocycles. The van der Waals surface area contributed by atoms with Crippen molar-refractivity contribution in [2.45, 2.75) is 13.8 Å². The maximum Gasteiger partial charge on any atom is 0.294 e. The highest BCUT2D eigenvalue weighted by molar-refractivity contribution is 6.37. The van der Waals surface area contributed by atoms with E-state index in [2.05, 4.69) is 5.32 Å². The molecule has 168 valence electrons. The number of nitrogens with zero attached hydrogens (tertiary/aromatic N) is 2. The largest absolute Gasteiger partial charge is 0.349 e. The summed E-state index contributed by atoms with van der Waals surface area (Å²) in [6, 6.07) is 18.4. The number of benzene rings is 4. The van der Waals surface area contributed by atoms with Gasteiger partial charge in [0.2, 0.25) is 0 Å². The molecule has 0 aromatic heterocycles. The minimum atomic E-state index is -0.599. The lowest BCUT2D eigenvalue weighted by Gasteiger charge is -2.29. The molecule has 0 spiro atoms. The van der Waals surface area contributed by atoms with Gasteiger partial charge in [-0.15, -0.1) is 0 Å². The number of halogens is 1. The number of carbonyl (C=O) groups is 2. The van der Waals surface area contributed by atoms with Crippen LogP contribution in [0.15, 0.2) is 66.7 Å². The first-order valence-corrected chi connectivity index (χ1v) is 10.9. The standard InChI is InChI=1S/C26H18ClN3O4/c1-14-9-10-21(15(2)11-14)29-25(31)19-8-4-7-18-23(19)20(26(29)32)13-22(30(33)34)24(18)28-17-6-3-5-16(27)12-17/h3-13,28H,1-2H3. The van der Waals surface area contributed by atoms with Gasteiger partial charge in [0.25, 0.3) is 17.5 Å². The molecule has 8 heteroatoms. The van der Waals surface area contributed by atoms with Crippen LogP contribution in [0.5, 0.6) is 0 Å². The molecule has 1 aliphatic heterocycles. The summed E-state index contributed by atoms with van der Waals surface area (Å²) < 4.78 is 0. The normalized spacial score (nSPS) is 12.9. The van der Waals surface area contributed by atoms with Gasteiger partial charge in [0.15, 0.2) is 0 Å². The number of carbonyl (C=O) groups excluding carboxylic acids is 2. The molecule has 0 radical (unpaired) electrons. The van der Waals surface area contributed by atoms with E-state index in [0.717, 1.165) is 16.0 Å². The minimum absolute atomic E-state index is 0.105. The van der Waals surface area contributed by atoms with Gasteiger partial charge in [-0.2, -0.15) is 0 Å². The Bertz CT molecular complexity index is 1550. The van der Waals surface area contributed by atoms with E-state index in [1.807, 2.05) is 26.0 Å². The summed E-state index contributed by atoms with van der Waals surface area (Å²) in [5, 5.41) is 16.4. The van der Waals surface area contributed by atoms with Crippen LogP contribution in [0, 0.1) is 24.0 Å². The van der Waals surface area contributed by atoms with Crippen molar-refractivity contribution in [2.24, 2.45) is 0 Å². The second kappa shape index (κ2) is 7.97. The van der Waals surface area contributed by atoms with Crippen molar-refractivity contribution in [1.29, 1.82) is 0 Å². The SMILES string of the molecule is Cc1ccc(N2C(=O)c3cccc4c(Nc5cccc(Cl)c5)c([N+](=O)[O-])cc(c34)C2=O)c(C)c1. The molecule has 1 N–H and O–H groups in total. The second-order valence-corrected chi connectivity index (χ2v) is 8.61. The molecule has 1 heterocycles. The van der Waals surface area contributed by atoms with E-state index in [-0.39, 0.29) is 16.9 Å². The molecule has 0 saturated heterocycles. The van der Waals surface area contributed by atoms with Gasteiger partial charge in [0.05, 0.1) is 16.2 Å². The number of rotatable bonds is 4. The third-order valence-electron chi connectivity index (χ3n) is 5.89. The average molecular weight is 472 g/mol. The minimum Gasteiger partial charge on any atom is -0.349 e. The second-order valence-electron chi connectivity index (χ2n) is 8.17. The van der Waals surface area contributed by atoms with Crippen LogP contribution in [0.1, 0.15) is 31.8 Å². The Balaban J connectivity index is 1.76. The van der Waals surface area contributed by atoms with Crippen molar-refractivity contribution in [3.05, 3.63) is 104 Å². The zero-order valence-corrected chi connectivity index (χ0v) is 19.0. The van der Waals surface area contributed by atoms with Crippen LogP contribution >= 0.6 is 11.6 Å². The number of nitrogens with one attached hydrogen (secondary N) is 1. The van der Waals surface area contributed by atoms with Crippen LogP contribution in [0.3, 0.4) is 0 Å². The summed E-state index contributed by atoms with van der Waals surface area (Å²) in [6.07, 6.45) is 0. The number of hydrogen-bond donors (Lipinski definition) is 1. The molecule has 2 amide bonds. The van der Waals surface area contributed by atoms with Gasteiger partial charge in [-0.3, -0.25) is 19.7 Å². The third kappa shape index (κ3) is 3.38. The smallest absolute Gasteiger partial charge is 0.294 e. The molecule has 1 aliphatic rings. The highest BCUT2D eigenvalue weighted by Gasteiger charge is 2.37. The van der Waals surface area contributed by atoms with Crippen molar-refractivity contribution < 1.29 is 14.5 Å². The molecule has 34 heavy (non-hydrogen) atoms. The van der Waals surface area contributed by atoms with Gasteiger partial charge in [-0.05, 0) is 49.7 Å². The average Bonchev–Trinajstić information content (AvgIpc) is 2.79. The fraction of sp³-hybridized carbons (Fsp3) is 0.0769. The molecule has 4 aromatic rings. The number of hydrogen-bond acceptors (Lipinski definition) is 5. The molecule has 7 nitrogen and oxygen atoms in total. The van der Waals surface area contributed by atoms with E-state index in [9.17, 15) is 19.7 Å². The molecule has 0 unspecified atom stereocenters. The Labute approximate surface area is 199 Å². The molecule has 0 atom stereocenters. The summed E-state index contributed by atoms with van der Waals surface area (Å²) in [7, 11) is 0. The fourth-order valence-corrected chi connectivity index (χ4v) is 4.60. The van der Waals surface area contributed by atoms with Crippen molar-refractivity contribution in [2.75, 3.05) is 10.2 Å². The first kappa shape index (κ1) is 21.6. The van der Waals surface area contributed by atoms with E-state index < -0.39 is 16.7 Å². The summed E-state index contributed by atoms with van der Waals surface area (Å²) in [4.78, 5) is 39.7. The lowest BCUT2D eigenvalue weighted by atomic mass is 9.91. The van der Waals surface area contributed by atoms with Crippen molar-refractivity contribution in [3.63, 3.8) is 0 Å². The predicted octanol–water partition coefficient (Wildman–Crippen LogP) is 6.56. The van der Waals surface area contributed by atoms with Crippen molar-refractivity contribution in [1.82, 2.24) is 0 Å². The van der Waals surface area contributed by atoms with Crippen LogP contribution < -0.4 is 10.2 Å². The summed E-state index contributed by atoms with van der Waals surface area (Å²) in [5.74, 6) is -1.07. The number of anilines is 3. The summed E-state index contributed by atoms with van der Waals surface area (Å²) in [6.45, 7) is 3.74. The van der Waals surface area contributed by atoms with E-state index in [1.165, 1.54) is 6.07 Å². The highest BCUT2D eigenvalue weighted by Crippen LogP contribution is 2.42. The van der Waals surface area contributed by atoms with Gasteiger partial charge in [0.1, 0.15) is 5.69 Å². The van der Waals surface area contributed by atoms with Crippen LogP contribution in [0.25, 0.3) is 10.8 Å². The number of nitro benzene ring substituents is 1. The molecular formula is C26H18ClN3O4. The van der Waals surface area contributed by atoms with Crippen LogP contribution in [0.2, 0.25) is 5.02 Å². The predicted molar refractivity (Wildman–Crippen MR) is 132 cm³/mol. The Morgan fingerprint density at radius 2 is 1.65 bits per heavy atom. The first-order valence-electron chi connectivity index (χ1n) is 10.5. The fourth-order valence-electron chi connectivity index (χ4n) is 4.41.